The van der Waals surface area contributed by atoms with Gasteiger partial charge < -0.3 is 9.80 Å². The molecule has 2 aromatic heterocycles. The van der Waals surface area contributed by atoms with Crippen LogP contribution in [0.1, 0.15) is 80.5 Å². The Morgan fingerprint density at radius 2 is 1.81 bits per heavy atom. The Labute approximate surface area is 216 Å². The number of hydrogen-bond acceptors (Lipinski definition) is 5. The van der Waals surface area contributed by atoms with Crippen molar-refractivity contribution in [2.45, 2.75) is 69.7 Å². The van der Waals surface area contributed by atoms with Gasteiger partial charge in [0.2, 0.25) is 0 Å². The number of nitrogens with zero attached hydrogens (tertiary/aromatic N) is 7. The minimum atomic E-state index is 0.205. The number of amides is 2. The molecule has 5 fully saturated rings. The van der Waals surface area contributed by atoms with E-state index >= 15 is 0 Å². The molecular formula is C28H34N8O. The highest BCUT2D eigenvalue weighted by molar-refractivity contribution is 5.77. The van der Waals surface area contributed by atoms with Gasteiger partial charge in [0, 0.05) is 55.4 Å². The number of rotatable bonds is 6. The van der Waals surface area contributed by atoms with Gasteiger partial charge in [0.25, 0.3) is 0 Å². The number of nitrogens with one attached hydrogen (secondary N) is 1. The highest BCUT2D eigenvalue weighted by atomic mass is 16.2. The number of benzene rings is 1. The lowest BCUT2D eigenvalue weighted by Gasteiger charge is -2.60. The van der Waals surface area contributed by atoms with Gasteiger partial charge in [0.05, 0.1) is 6.04 Å². The molecule has 2 saturated heterocycles. The SMILES string of the molecule is CC1(Cc2nc(-c3ccc(C4CN(C(=O)N5CC6(CC(n7cnc(C8CC8)n7)C6)C5)C4)cc3)n[nH]2)CC1. The molecule has 2 aliphatic heterocycles. The summed E-state index contributed by atoms with van der Waals surface area (Å²) in [6.07, 6.45) is 10.2. The first-order chi connectivity index (χ1) is 17.9. The van der Waals surface area contributed by atoms with Crippen LogP contribution in [0.25, 0.3) is 11.4 Å². The van der Waals surface area contributed by atoms with Crippen LogP contribution in [-0.4, -0.2) is 72.0 Å². The molecule has 1 spiro atoms. The quantitative estimate of drug-likeness (QED) is 0.551. The van der Waals surface area contributed by atoms with Crippen LogP contribution in [0.4, 0.5) is 4.79 Å². The van der Waals surface area contributed by atoms with E-state index in [4.69, 9.17) is 10.1 Å². The number of carbonyl (C=O) groups excluding carboxylic acids is 1. The molecule has 9 heteroatoms. The minimum absolute atomic E-state index is 0.205. The van der Waals surface area contributed by atoms with Crippen molar-refractivity contribution in [1.29, 1.82) is 0 Å². The summed E-state index contributed by atoms with van der Waals surface area (Å²) < 4.78 is 2.07. The van der Waals surface area contributed by atoms with Crippen LogP contribution in [0, 0.1) is 10.8 Å². The number of carbonyl (C=O) groups is 1. The number of hydrogen-bond donors (Lipinski definition) is 1. The van der Waals surface area contributed by atoms with E-state index in [-0.39, 0.29) is 6.03 Å². The van der Waals surface area contributed by atoms with Crippen LogP contribution < -0.4 is 0 Å². The summed E-state index contributed by atoms with van der Waals surface area (Å²) >= 11 is 0. The van der Waals surface area contributed by atoms with E-state index in [1.165, 1.54) is 31.2 Å². The molecule has 3 saturated carbocycles. The summed E-state index contributed by atoms with van der Waals surface area (Å²) in [5.41, 5.74) is 3.05. The van der Waals surface area contributed by atoms with Crippen molar-refractivity contribution < 1.29 is 4.79 Å². The first-order valence-corrected chi connectivity index (χ1v) is 13.9. The van der Waals surface area contributed by atoms with Crippen LogP contribution in [0.15, 0.2) is 30.6 Å². The zero-order valence-corrected chi connectivity index (χ0v) is 21.4. The van der Waals surface area contributed by atoms with Crippen molar-refractivity contribution in [2.24, 2.45) is 10.8 Å². The summed E-state index contributed by atoms with van der Waals surface area (Å²) in [6, 6.07) is 9.23. The molecule has 3 aromatic rings. The first-order valence-electron chi connectivity index (χ1n) is 13.9. The third kappa shape index (κ3) is 3.85. The van der Waals surface area contributed by atoms with E-state index < -0.39 is 0 Å². The van der Waals surface area contributed by atoms with Gasteiger partial charge in [-0.1, -0.05) is 31.2 Å². The Hall–Kier alpha value is -3.23. The second-order valence-electron chi connectivity index (χ2n) is 12.9. The molecule has 3 aliphatic carbocycles. The zero-order chi connectivity index (χ0) is 24.8. The first kappa shape index (κ1) is 21.8. The maximum Gasteiger partial charge on any atom is 0.320 e. The molecule has 0 atom stereocenters. The molecule has 5 aliphatic rings. The lowest BCUT2D eigenvalue weighted by atomic mass is 9.61. The predicted octanol–water partition coefficient (Wildman–Crippen LogP) is 4.14. The monoisotopic (exact) mass is 498 g/mol. The van der Waals surface area contributed by atoms with Gasteiger partial charge in [-0.2, -0.15) is 10.2 Å². The molecular weight excluding hydrogens is 464 g/mol. The van der Waals surface area contributed by atoms with Crippen molar-refractivity contribution in [1.82, 2.24) is 39.7 Å². The van der Waals surface area contributed by atoms with Gasteiger partial charge in [0.15, 0.2) is 11.6 Å². The van der Waals surface area contributed by atoms with Crippen LogP contribution in [0.2, 0.25) is 0 Å². The number of urea groups is 1. The van der Waals surface area contributed by atoms with E-state index in [0.29, 0.717) is 28.7 Å². The standard InChI is InChI=1S/C28H34N8O/c1-27(8-9-27)12-23-30-25(32-31-23)20-4-2-18(3-5-20)21-13-34(14-21)26(37)35-15-28(16-35)10-22(11-28)36-17-29-24(33-36)19-6-7-19/h2-5,17,19,21-22H,6-16H2,1H3,(H,30,31,32). The van der Waals surface area contributed by atoms with Crippen molar-refractivity contribution in [3.8, 4) is 11.4 Å². The van der Waals surface area contributed by atoms with E-state index in [2.05, 4.69) is 51.1 Å². The molecule has 8 rings (SSSR count). The molecule has 37 heavy (non-hydrogen) atoms. The zero-order valence-electron chi connectivity index (χ0n) is 21.4. The van der Waals surface area contributed by atoms with E-state index in [0.717, 1.165) is 68.5 Å². The molecule has 0 unspecified atom stereocenters. The van der Waals surface area contributed by atoms with Crippen LogP contribution in [-0.2, 0) is 6.42 Å². The van der Waals surface area contributed by atoms with Crippen molar-refractivity contribution in [2.75, 3.05) is 26.2 Å². The third-order valence-corrected chi connectivity index (χ3v) is 9.53. The Bertz CT molecular complexity index is 1330. The molecule has 9 nitrogen and oxygen atoms in total. The Balaban J connectivity index is 0.812. The van der Waals surface area contributed by atoms with Gasteiger partial charge in [0.1, 0.15) is 12.2 Å². The maximum atomic E-state index is 13.0. The normalized spacial score (nSPS) is 24.0. The maximum absolute atomic E-state index is 13.0. The number of aromatic amines is 1. The Kier molecular flexibility index (Phi) is 4.51. The van der Waals surface area contributed by atoms with Crippen molar-refractivity contribution in [3.63, 3.8) is 0 Å². The third-order valence-electron chi connectivity index (χ3n) is 9.53. The fourth-order valence-electron chi connectivity index (χ4n) is 6.52. The summed E-state index contributed by atoms with van der Waals surface area (Å²) in [6.45, 7) is 5.69. The fraction of sp³-hybridized carbons (Fsp3) is 0.607. The lowest BCUT2D eigenvalue weighted by Crippen LogP contribution is -2.67. The van der Waals surface area contributed by atoms with Crippen molar-refractivity contribution in [3.05, 3.63) is 47.8 Å². The van der Waals surface area contributed by atoms with Crippen LogP contribution >= 0.6 is 0 Å². The van der Waals surface area contributed by atoms with E-state index in [1.54, 1.807) is 0 Å². The summed E-state index contributed by atoms with van der Waals surface area (Å²) in [4.78, 5) is 26.2. The highest BCUT2D eigenvalue weighted by Crippen LogP contribution is 2.54. The molecule has 0 radical (unpaired) electrons. The van der Waals surface area contributed by atoms with Gasteiger partial charge >= 0.3 is 6.03 Å². The van der Waals surface area contributed by atoms with Crippen LogP contribution in [0.5, 0.6) is 0 Å². The van der Waals surface area contributed by atoms with Gasteiger partial charge in [-0.15, -0.1) is 0 Å². The Morgan fingerprint density at radius 3 is 2.51 bits per heavy atom. The molecule has 1 aromatic carbocycles. The van der Waals surface area contributed by atoms with Gasteiger partial charge in [-0.25, -0.2) is 19.4 Å². The molecule has 192 valence electrons. The number of H-pyrrole nitrogens is 1. The number of aromatic nitrogens is 6. The fourth-order valence-corrected chi connectivity index (χ4v) is 6.52. The van der Waals surface area contributed by atoms with Gasteiger partial charge in [-0.05, 0) is 49.5 Å². The van der Waals surface area contributed by atoms with Crippen molar-refractivity contribution >= 4 is 6.03 Å². The number of likely N-dealkylation sites (tertiary alicyclic amines) is 2. The second kappa shape index (κ2) is 7.65. The summed E-state index contributed by atoms with van der Waals surface area (Å²) in [7, 11) is 0. The highest BCUT2D eigenvalue weighted by Gasteiger charge is 2.55. The Morgan fingerprint density at radius 1 is 1.05 bits per heavy atom. The predicted molar refractivity (Wildman–Crippen MR) is 137 cm³/mol. The average molecular weight is 499 g/mol. The molecule has 4 heterocycles. The largest absolute Gasteiger partial charge is 0.323 e. The van der Waals surface area contributed by atoms with E-state index in [1.807, 2.05) is 16.1 Å². The smallest absolute Gasteiger partial charge is 0.320 e. The summed E-state index contributed by atoms with van der Waals surface area (Å²) in [5, 5.41) is 12.3. The van der Waals surface area contributed by atoms with Gasteiger partial charge in [-0.3, -0.25) is 5.10 Å². The molecule has 1 N–H and O–H groups in total. The average Bonchev–Trinajstić information content (AvgIpc) is 3.68. The molecule has 0 bridgehead atoms. The van der Waals surface area contributed by atoms with E-state index in [9.17, 15) is 4.79 Å². The topological polar surface area (TPSA) is 95.8 Å². The van der Waals surface area contributed by atoms with Crippen LogP contribution in [0.3, 0.4) is 0 Å². The lowest BCUT2D eigenvalue weighted by molar-refractivity contribution is -0.0771. The molecule has 2 amide bonds. The minimum Gasteiger partial charge on any atom is -0.323 e. The second-order valence-corrected chi connectivity index (χ2v) is 12.9. The summed E-state index contributed by atoms with van der Waals surface area (Å²) in [5.74, 6) is 3.80.